The van der Waals surface area contributed by atoms with Crippen molar-refractivity contribution < 1.29 is 41.0 Å². The van der Waals surface area contributed by atoms with Crippen molar-refractivity contribution in [3.63, 3.8) is 0 Å². The molecule has 0 fully saturated rings. The number of carbonyl (C=O) groups is 2. The first-order chi connectivity index (χ1) is 18.9. The van der Waals surface area contributed by atoms with Gasteiger partial charge in [-0.25, -0.2) is 9.48 Å². The maximum absolute atomic E-state index is 13.3. The molecule has 0 saturated heterocycles. The molecule has 0 aliphatic rings. The summed E-state index contributed by atoms with van der Waals surface area (Å²) >= 11 is 5.85. The third-order valence-electron chi connectivity index (χ3n) is 5.97. The Hall–Kier alpha value is -3.85. The zero-order valence-electron chi connectivity index (χ0n) is 21.5. The molecule has 3 rings (SSSR count). The van der Waals surface area contributed by atoms with Crippen LogP contribution in [-0.2, 0) is 34.4 Å². The maximum atomic E-state index is 13.3. The fraction of sp³-hybridized carbons (Fsp3) is 0.360. The van der Waals surface area contributed by atoms with E-state index in [1.165, 1.54) is 37.3 Å². The number of rotatable bonds is 9. The minimum Gasteiger partial charge on any atom is -0.382 e. The lowest BCUT2D eigenvalue weighted by Crippen LogP contribution is -2.51. The van der Waals surface area contributed by atoms with E-state index in [0.29, 0.717) is 14.3 Å². The van der Waals surface area contributed by atoms with Crippen LogP contribution in [0.15, 0.2) is 53.3 Å². The highest BCUT2D eigenvalue weighted by Crippen LogP contribution is 2.32. The third kappa shape index (κ3) is 7.88. The van der Waals surface area contributed by atoms with Gasteiger partial charge >= 0.3 is 18.0 Å². The number of hydrogen-bond donors (Lipinski definition) is 3. The van der Waals surface area contributed by atoms with Gasteiger partial charge in [0.2, 0.25) is 11.8 Å². The molecule has 1 aromatic heterocycles. The molecule has 3 aromatic rings. The summed E-state index contributed by atoms with van der Waals surface area (Å²) in [7, 11) is 0. The molecule has 0 spiro atoms. The molecule has 0 aliphatic heterocycles. The number of aliphatic hydroxyl groups is 1. The van der Waals surface area contributed by atoms with Crippen molar-refractivity contribution in [2.24, 2.45) is 0 Å². The average Bonchev–Trinajstić information content (AvgIpc) is 3.16. The van der Waals surface area contributed by atoms with Crippen molar-refractivity contribution in [2.75, 3.05) is 6.54 Å². The second-order valence-electron chi connectivity index (χ2n) is 9.31. The summed E-state index contributed by atoms with van der Waals surface area (Å²) in [6.45, 7) is 0.0835. The Labute approximate surface area is 233 Å². The number of hydrogen-bond acceptors (Lipinski definition) is 5. The number of aromatic nitrogens is 3. The summed E-state index contributed by atoms with van der Waals surface area (Å²) in [5.41, 5.74) is -3.45. The molecule has 41 heavy (non-hydrogen) atoms. The second-order valence-corrected chi connectivity index (χ2v) is 9.74. The van der Waals surface area contributed by atoms with Crippen LogP contribution in [0.1, 0.15) is 25.0 Å². The Kier molecular flexibility index (Phi) is 9.23. The molecule has 2 aromatic carbocycles. The Bertz CT molecular complexity index is 1470. The van der Waals surface area contributed by atoms with E-state index in [-0.39, 0.29) is 17.0 Å². The number of alkyl halides is 6. The Morgan fingerprint density at radius 3 is 2.22 bits per heavy atom. The van der Waals surface area contributed by atoms with Crippen molar-refractivity contribution in [3.05, 3.63) is 75.2 Å². The molecule has 9 nitrogen and oxygen atoms in total. The normalized spacial score (nSPS) is 14.3. The summed E-state index contributed by atoms with van der Waals surface area (Å²) in [6, 6.07) is 9.67. The molecule has 0 saturated carbocycles. The molecule has 0 radical (unpaired) electrons. The summed E-state index contributed by atoms with van der Waals surface area (Å²) in [4.78, 5) is 37.6. The molecular formula is C25H24ClF6N5O4. The molecule has 1 heterocycles. The van der Waals surface area contributed by atoms with E-state index in [9.17, 15) is 45.8 Å². The summed E-state index contributed by atoms with van der Waals surface area (Å²) in [5, 5.41) is 18.7. The lowest BCUT2D eigenvalue weighted by atomic mass is 9.90. The van der Waals surface area contributed by atoms with Crippen LogP contribution >= 0.6 is 11.6 Å². The first kappa shape index (κ1) is 31.7. The highest BCUT2D eigenvalue weighted by molar-refractivity contribution is 6.30. The smallest absolute Gasteiger partial charge is 0.382 e. The topological polar surface area (TPSA) is 118 Å². The van der Waals surface area contributed by atoms with Gasteiger partial charge in [-0.05, 0) is 48.9 Å². The van der Waals surface area contributed by atoms with Gasteiger partial charge in [-0.15, -0.1) is 5.10 Å². The highest BCUT2D eigenvalue weighted by Gasteiger charge is 2.39. The largest absolute Gasteiger partial charge is 0.416 e. The molecule has 3 N–H and O–H groups in total. The first-order valence-corrected chi connectivity index (χ1v) is 12.2. The van der Waals surface area contributed by atoms with E-state index < -0.39 is 66.7 Å². The molecule has 0 bridgehead atoms. The van der Waals surface area contributed by atoms with Crippen molar-refractivity contribution >= 4 is 23.4 Å². The maximum Gasteiger partial charge on any atom is 0.416 e. The van der Waals surface area contributed by atoms with Crippen LogP contribution in [0.5, 0.6) is 0 Å². The molecule has 16 heteroatoms. The zero-order valence-corrected chi connectivity index (χ0v) is 22.2. The van der Waals surface area contributed by atoms with Crippen LogP contribution in [0.25, 0.3) is 11.4 Å². The van der Waals surface area contributed by atoms with Crippen molar-refractivity contribution in [1.82, 2.24) is 25.0 Å². The monoisotopic (exact) mass is 607 g/mol. The summed E-state index contributed by atoms with van der Waals surface area (Å²) in [5.74, 6) is -1.78. The van der Waals surface area contributed by atoms with Crippen LogP contribution < -0.4 is 16.3 Å². The van der Waals surface area contributed by atoms with Gasteiger partial charge in [-0.1, -0.05) is 23.7 Å². The van der Waals surface area contributed by atoms with Crippen molar-refractivity contribution in [2.45, 2.75) is 50.9 Å². The Morgan fingerprint density at radius 2 is 1.66 bits per heavy atom. The fourth-order valence-electron chi connectivity index (χ4n) is 3.91. The predicted molar refractivity (Wildman–Crippen MR) is 135 cm³/mol. The van der Waals surface area contributed by atoms with Crippen molar-refractivity contribution in [1.29, 1.82) is 0 Å². The van der Waals surface area contributed by atoms with Gasteiger partial charge in [0.05, 0.1) is 17.6 Å². The van der Waals surface area contributed by atoms with Crippen LogP contribution in [0.3, 0.4) is 0 Å². The number of benzene rings is 2. The van der Waals surface area contributed by atoms with E-state index in [1.807, 2.05) is 0 Å². The van der Waals surface area contributed by atoms with Gasteiger partial charge < -0.3 is 15.7 Å². The summed E-state index contributed by atoms with van der Waals surface area (Å²) in [6.07, 6.45) is -12.6. The first-order valence-electron chi connectivity index (χ1n) is 11.8. The summed E-state index contributed by atoms with van der Waals surface area (Å²) < 4.78 is 80.0. The quantitative estimate of drug-likeness (QED) is 0.322. The number of nitrogens with one attached hydrogen (secondary N) is 2. The molecule has 222 valence electrons. The van der Waals surface area contributed by atoms with Gasteiger partial charge in [0.1, 0.15) is 6.54 Å². The van der Waals surface area contributed by atoms with Gasteiger partial charge in [0.25, 0.3) is 0 Å². The third-order valence-corrected chi connectivity index (χ3v) is 6.22. The van der Waals surface area contributed by atoms with E-state index in [1.54, 1.807) is 0 Å². The molecule has 2 unspecified atom stereocenters. The predicted octanol–water partition coefficient (Wildman–Crippen LogP) is 3.47. The SMILES string of the molecule is CC(=O)NC(C)(CNC(=O)Cn1nc(-c2ccc(Cl)cc2)n(CC(O)C(F)(F)F)c1=O)c1cccc(C(F)(F)F)c1. The minimum atomic E-state index is -5.05. The van der Waals surface area contributed by atoms with E-state index in [0.717, 1.165) is 25.1 Å². The second kappa shape index (κ2) is 11.9. The number of aliphatic hydroxyl groups excluding tert-OH is 1. The molecule has 2 atom stereocenters. The molecule has 2 amide bonds. The highest BCUT2D eigenvalue weighted by atomic mass is 35.5. The minimum absolute atomic E-state index is 0.0235. The lowest BCUT2D eigenvalue weighted by Gasteiger charge is -2.32. The van der Waals surface area contributed by atoms with Crippen LogP contribution in [0.2, 0.25) is 5.02 Å². The van der Waals surface area contributed by atoms with Crippen molar-refractivity contribution in [3.8, 4) is 11.4 Å². The van der Waals surface area contributed by atoms with Crippen LogP contribution in [0.4, 0.5) is 26.3 Å². The zero-order chi connectivity index (χ0) is 30.8. The number of nitrogens with zero attached hydrogens (tertiary/aromatic N) is 3. The number of amides is 2. The van der Waals surface area contributed by atoms with E-state index in [4.69, 9.17) is 11.6 Å². The van der Waals surface area contributed by atoms with Gasteiger partial charge in [-0.2, -0.15) is 26.3 Å². The molecule has 0 aliphatic carbocycles. The van der Waals surface area contributed by atoms with Gasteiger partial charge in [0.15, 0.2) is 11.9 Å². The van der Waals surface area contributed by atoms with Gasteiger partial charge in [0, 0.05) is 24.1 Å². The van der Waals surface area contributed by atoms with Crippen LogP contribution in [-0.4, -0.2) is 50.1 Å². The number of carbonyl (C=O) groups excluding carboxylic acids is 2. The molecular weight excluding hydrogens is 584 g/mol. The standard InChI is InChI=1S/C25H24ClF6N5O4/c1-14(38)34-23(2,16-4-3-5-17(10-16)24(27,28)29)13-33-20(40)12-37-22(41)36(11-19(39)25(30,31)32)21(35-37)15-6-8-18(26)9-7-15/h3-10,19,39H,11-13H2,1-2H3,(H,33,40)(H,34,38). The number of halogens is 7. The fourth-order valence-corrected chi connectivity index (χ4v) is 4.04. The Morgan fingerprint density at radius 1 is 1.05 bits per heavy atom. The lowest BCUT2D eigenvalue weighted by molar-refractivity contribution is -0.207. The van der Waals surface area contributed by atoms with Gasteiger partial charge in [-0.3, -0.25) is 14.2 Å². The Balaban J connectivity index is 1.89. The van der Waals surface area contributed by atoms with E-state index in [2.05, 4.69) is 15.7 Å². The average molecular weight is 608 g/mol. The van der Waals surface area contributed by atoms with Crippen LogP contribution in [0, 0.1) is 0 Å². The van der Waals surface area contributed by atoms with E-state index >= 15 is 0 Å².